The molecule has 92 valence electrons. The van der Waals surface area contributed by atoms with Crippen LogP contribution in [-0.4, -0.2) is 19.6 Å². The number of hydrogen-bond donors (Lipinski definition) is 2. The third kappa shape index (κ3) is 8.88. The molecule has 0 aliphatic rings. The maximum atomic E-state index is 5.58. The minimum atomic E-state index is 0.434. The van der Waals surface area contributed by atoms with Gasteiger partial charge in [0.2, 0.25) is 0 Å². The van der Waals surface area contributed by atoms with Crippen LogP contribution in [-0.2, 0) is 0 Å². The van der Waals surface area contributed by atoms with Gasteiger partial charge in [-0.25, -0.2) is 0 Å². The lowest BCUT2D eigenvalue weighted by Crippen LogP contribution is -2.34. The summed E-state index contributed by atoms with van der Waals surface area (Å²) in [4.78, 5) is 0. The van der Waals surface area contributed by atoms with Gasteiger partial charge in [0.15, 0.2) is 0 Å². The van der Waals surface area contributed by atoms with E-state index < -0.39 is 0 Å². The molecule has 0 aromatic carbocycles. The van der Waals surface area contributed by atoms with Crippen LogP contribution in [0.5, 0.6) is 0 Å². The molecule has 0 fully saturated rings. The van der Waals surface area contributed by atoms with E-state index in [1.165, 1.54) is 25.7 Å². The molecule has 0 amide bonds. The molecule has 0 spiro atoms. The van der Waals surface area contributed by atoms with Gasteiger partial charge in [0, 0.05) is 6.54 Å². The summed E-state index contributed by atoms with van der Waals surface area (Å²) in [7, 11) is 0. The summed E-state index contributed by atoms with van der Waals surface area (Å²) in [5.41, 5.74) is 6.01. The summed E-state index contributed by atoms with van der Waals surface area (Å²) in [5.74, 6) is 0.594. The van der Waals surface area contributed by atoms with E-state index in [9.17, 15) is 0 Å². The summed E-state index contributed by atoms with van der Waals surface area (Å²) in [6, 6.07) is 0. The van der Waals surface area contributed by atoms with Crippen molar-refractivity contribution in [2.24, 2.45) is 17.1 Å². The Morgan fingerprint density at radius 1 is 1.27 bits per heavy atom. The molecule has 0 bridgehead atoms. The Balaban J connectivity index is 3.54. The van der Waals surface area contributed by atoms with Gasteiger partial charge in [-0.15, -0.1) is 0 Å². The number of nitrogens with one attached hydrogen (secondary N) is 1. The second-order valence-electron chi connectivity index (χ2n) is 5.59. The van der Waals surface area contributed by atoms with E-state index >= 15 is 0 Å². The van der Waals surface area contributed by atoms with Crippen LogP contribution in [0.2, 0.25) is 0 Å². The monoisotopic (exact) mass is 214 g/mol. The van der Waals surface area contributed by atoms with Gasteiger partial charge in [-0.2, -0.15) is 0 Å². The highest BCUT2D eigenvalue weighted by Gasteiger charge is 2.16. The van der Waals surface area contributed by atoms with Crippen molar-refractivity contribution in [3.05, 3.63) is 0 Å². The smallest absolute Gasteiger partial charge is 0.000264 e. The molecule has 0 radical (unpaired) electrons. The Morgan fingerprint density at radius 3 is 2.47 bits per heavy atom. The third-order valence-electron chi connectivity index (χ3n) is 2.96. The highest BCUT2D eigenvalue weighted by molar-refractivity contribution is 4.72. The molecule has 0 heterocycles. The zero-order valence-corrected chi connectivity index (χ0v) is 11.1. The van der Waals surface area contributed by atoms with E-state index in [-0.39, 0.29) is 0 Å². The third-order valence-corrected chi connectivity index (χ3v) is 2.96. The zero-order chi connectivity index (χ0) is 11.7. The Hall–Kier alpha value is -0.0800. The van der Waals surface area contributed by atoms with Gasteiger partial charge < -0.3 is 11.1 Å². The molecular weight excluding hydrogens is 184 g/mol. The van der Waals surface area contributed by atoms with Crippen molar-refractivity contribution in [2.75, 3.05) is 19.6 Å². The molecule has 0 aliphatic heterocycles. The van der Waals surface area contributed by atoms with Crippen LogP contribution in [0, 0.1) is 11.3 Å². The Bertz CT molecular complexity index is 143. The van der Waals surface area contributed by atoms with Crippen molar-refractivity contribution >= 4 is 0 Å². The summed E-state index contributed by atoms with van der Waals surface area (Å²) in [6.07, 6.45) is 5.36. The molecule has 0 aromatic rings. The minimum Gasteiger partial charge on any atom is -0.330 e. The second-order valence-corrected chi connectivity index (χ2v) is 5.59. The summed E-state index contributed by atoms with van der Waals surface area (Å²) in [6.45, 7) is 12.1. The van der Waals surface area contributed by atoms with Gasteiger partial charge in [-0.3, -0.25) is 0 Å². The highest BCUT2D eigenvalue weighted by Crippen LogP contribution is 2.22. The SMILES string of the molecule is CCCCCC(C)(C)CNCC(C)CN. The van der Waals surface area contributed by atoms with Crippen LogP contribution in [0.25, 0.3) is 0 Å². The fourth-order valence-electron chi connectivity index (χ4n) is 1.68. The van der Waals surface area contributed by atoms with Crippen LogP contribution in [0.15, 0.2) is 0 Å². The topological polar surface area (TPSA) is 38.0 Å². The Labute approximate surface area is 96.0 Å². The van der Waals surface area contributed by atoms with E-state index in [1.807, 2.05) is 0 Å². The van der Waals surface area contributed by atoms with Gasteiger partial charge in [-0.05, 0) is 30.8 Å². The van der Waals surface area contributed by atoms with E-state index in [1.54, 1.807) is 0 Å². The maximum Gasteiger partial charge on any atom is 0.000264 e. The fourth-order valence-corrected chi connectivity index (χ4v) is 1.68. The van der Waals surface area contributed by atoms with Crippen LogP contribution in [0.3, 0.4) is 0 Å². The van der Waals surface area contributed by atoms with Gasteiger partial charge in [0.25, 0.3) is 0 Å². The molecular formula is C13H30N2. The molecule has 0 saturated heterocycles. The van der Waals surface area contributed by atoms with Crippen LogP contribution < -0.4 is 11.1 Å². The lowest BCUT2D eigenvalue weighted by atomic mass is 9.87. The van der Waals surface area contributed by atoms with Crippen molar-refractivity contribution in [3.63, 3.8) is 0 Å². The highest BCUT2D eigenvalue weighted by atomic mass is 14.9. The fraction of sp³-hybridized carbons (Fsp3) is 1.00. The average molecular weight is 214 g/mol. The first-order valence-electron chi connectivity index (χ1n) is 6.42. The van der Waals surface area contributed by atoms with Crippen molar-refractivity contribution in [1.29, 1.82) is 0 Å². The van der Waals surface area contributed by atoms with Gasteiger partial charge in [0.1, 0.15) is 0 Å². The zero-order valence-electron chi connectivity index (χ0n) is 11.1. The first-order chi connectivity index (χ1) is 7.02. The van der Waals surface area contributed by atoms with Gasteiger partial charge in [-0.1, -0.05) is 47.0 Å². The molecule has 1 atom stereocenters. The van der Waals surface area contributed by atoms with E-state index in [2.05, 4.69) is 33.0 Å². The predicted octanol–water partition coefficient (Wildman–Crippen LogP) is 2.78. The molecule has 2 heteroatoms. The largest absolute Gasteiger partial charge is 0.330 e. The molecule has 0 saturated carbocycles. The molecule has 0 rings (SSSR count). The molecule has 0 aliphatic carbocycles. The Kier molecular flexibility index (Phi) is 8.07. The first kappa shape index (κ1) is 14.9. The minimum absolute atomic E-state index is 0.434. The number of hydrogen-bond acceptors (Lipinski definition) is 2. The lowest BCUT2D eigenvalue weighted by Gasteiger charge is -2.25. The predicted molar refractivity (Wildman–Crippen MR) is 69.0 cm³/mol. The van der Waals surface area contributed by atoms with E-state index in [4.69, 9.17) is 5.73 Å². The van der Waals surface area contributed by atoms with Crippen molar-refractivity contribution in [1.82, 2.24) is 5.32 Å². The van der Waals surface area contributed by atoms with E-state index in [0.717, 1.165) is 19.6 Å². The maximum absolute atomic E-state index is 5.58. The molecule has 15 heavy (non-hydrogen) atoms. The number of nitrogens with two attached hydrogens (primary N) is 1. The first-order valence-corrected chi connectivity index (χ1v) is 6.42. The molecule has 2 nitrogen and oxygen atoms in total. The molecule has 3 N–H and O–H groups in total. The molecule has 0 aromatic heterocycles. The van der Waals surface area contributed by atoms with Gasteiger partial charge >= 0.3 is 0 Å². The quantitative estimate of drug-likeness (QED) is 0.579. The summed E-state index contributed by atoms with van der Waals surface area (Å²) in [5, 5.41) is 3.52. The van der Waals surface area contributed by atoms with E-state index in [0.29, 0.717) is 11.3 Å². The van der Waals surface area contributed by atoms with Crippen LogP contribution in [0.1, 0.15) is 53.4 Å². The average Bonchev–Trinajstić information content (AvgIpc) is 2.17. The number of rotatable bonds is 9. The molecule has 1 unspecified atom stereocenters. The number of unbranched alkanes of at least 4 members (excludes halogenated alkanes) is 2. The van der Waals surface area contributed by atoms with Crippen molar-refractivity contribution in [3.8, 4) is 0 Å². The summed E-state index contributed by atoms with van der Waals surface area (Å²) >= 11 is 0. The standard InChI is InChI=1S/C13H30N2/c1-5-6-7-8-13(3,4)11-15-10-12(2)9-14/h12,15H,5-11,14H2,1-4H3. The van der Waals surface area contributed by atoms with Crippen LogP contribution in [0.4, 0.5) is 0 Å². The summed E-state index contributed by atoms with van der Waals surface area (Å²) < 4.78 is 0. The van der Waals surface area contributed by atoms with Crippen molar-refractivity contribution < 1.29 is 0 Å². The lowest BCUT2D eigenvalue weighted by molar-refractivity contribution is 0.296. The second kappa shape index (κ2) is 8.12. The van der Waals surface area contributed by atoms with Crippen molar-refractivity contribution in [2.45, 2.75) is 53.4 Å². The van der Waals surface area contributed by atoms with Crippen LogP contribution >= 0.6 is 0 Å². The van der Waals surface area contributed by atoms with Gasteiger partial charge in [0.05, 0.1) is 0 Å². The normalized spacial score (nSPS) is 14.2. The Morgan fingerprint density at radius 2 is 1.93 bits per heavy atom.